The van der Waals surface area contributed by atoms with Crippen molar-refractivity contribution >= 4 is 55.9 Å². The topological polar surface area (TPSA) is 148 Å². The Kier molecular flexibility index (Phi) is 10.6. The molecule has 15 heteroatoms. The third kappa shape index (κ3) is 7.99. The zero-order chi connectivity index (χ0) is 33.9. The van der Waals surface area contributed by atoms with Gasteiger partial charge in [-0.3, -0.25) is 19.2 Å². The maximum Gasteiger partial charge on any atom is 0.309 e. The lowest BCUT2D eigenvalue weighted by Crippen LogP contribution is -2.51. The number of aliphatic hydroxyl groups excluding tert-OH is 1. The SMILES string of the molecule is CCCN(CCC(=O)OCN1C=C2C(=O)N(C3CCN(C(=O)[C@H](O)CS(=O)(=O)c4ccc5cc(Cl)ccc5c4)CC3)CN2C1)C(C)=O. The standard InChI is InChI=1S/C32H40ClN5O8S/c1-3-11-35(22(2)39)14-10-30(41)46-21-34-17-28-31(42)38(20-37(28)19-34)26-8-12-36(13-9-26)32(43)29(40)18-47(44,45)27-7-5-23-15-25(33)6-4-24(23)16-27/h4-7,15-17,26,29,40H,3,8-14,18-21H2,1-2H3/t29-/m1/s1. The van der Waals surface area contributed by atoms with Crippen LogP contribution < -0.4 is 0 Å². The molecule has 0 unspecified atom stereocenters. The Bertz CT molecular complexity index is 1680. The third-order valence-electron chi connectivity index (χ3n) is 8.73. The summed E-state index contributed by atoms with van der Waals surface area (Å²) in [6.45, 7) is 5.60. The van der Waals surface area contributed by atoms with Gasteiger partial charge in [0.15, 0.2) is 16.6 Å². The van der Waals surface area contributed by atoms with Gasteiger partial charge in [0.05, 0.1) is 30.4 Å². The van der Waals surface area contributed by atoms with Gasteiger partial charge in [-0.1, -0.05) is 30.7 Å². The van der Waals surface area contributed by atoms with Gasteiger partial charge in [0.1, 0.15) is 11.8 Å². The Labute approximate surface area is 279 Å². The molecule has 13 nitrogen and oxygen atoms in total. The van der Waals surface area contributed by atoms with Gasteiger partial charge < -0.3 is 34.3 Å². The molecule has 0 aromatic heterocycles. The van der Waals surface area contributed by atoms with Crippen molar-refractivity contribution in [1.82, 2.24) is 24.5 Å². The lowest BCUT2D eigenvalue weighted by Gasteiger charge is -2.37. The van der Waals surface area contributed by atoms with Gasteiger partial charge in [0.2, 0.25) is 5.91 Å². The van der Waals surface area contributed by atoms with Crippen LogP contribution >= 0.6 is 11.6 Å². The molecule has 2 fully saturated rings. The molecule has 0 radical (unpaired) electrons. The van der Waals surface area contributed by atoms with Crippen LogP contribution in [0.1, 0.15) is 39.5 Å². The minimum Gasteiger partial charge on any atom is -0.444 e. The second-order valence-corrected chi connectivity index (χ2v) is 14.6. The Morgan fingerprint density at radius 1 is 1.06 bits per heavy atom. The van der Waals surface area contributed by atoms with Gasteiger partial charge in [-0.15, -0.1) is 0 Å². The van der Waals surface area contributed by atoms with Crippen molar-refractivity contribution < 1.29 is 37.4 Å². The molecule has 2 aromatic carbocycles. The monoisotopic (exact) mass is 689 g/mol. The van der Waals surface area contributed by atoms with Crippen LogP contribution in [-0.2, 0) is 33.8 Å². The van der Waals surface area contributed by atoms with Crippen LogP contribution in [0.5, 0.6) is 0 Å². The largest absolute Gasteiger partial charge is 0.444 e. The number of ether oxygens (including phenoxy) is 1. The maximum atomic E-state index is 13.2. The first-order valence-corrected chi connectivity index (χ1v) is 17.7. The van der Waals surface area contributed by atoms with Crippen molar-refractivity contribution in [1.29, 1.82) is 0 Å². The highest BCUT2D eigenvalue weighted by atomic mass is 35.5. The van der Waals surface area contributed by atoms with Gasteiger partial charge in [-0.05, 0) is 54.3 Å². The quantitative estimate of drug-likeness (QED) is 0.328. The van der Waals surface area contributed by atoms with E-state index < -0.39 is 33.6 Å². The average molecular weight is 690 g/mol. The van der Waals surface area contributed by atoms with Crippen LogP contribution in [0, 0.1) is 0 Å². The van der Waals surface area contributed by atoms with E-state index in [1.54, 1.807) is 45.2 Å². The number of hydrogen-bond donors (Lipinski definition) is 1. The van der Waals surface area contributed by atoms with Crippen LogP contribution in [-0.4, -0.2) is 126 Å². The lowest BCUT2D eigenvalue weighted by atomic mass is 10.0. The summed E-state index contributed by atoms with van der Waals surface area (Å²) >= 11 is 6.01. The van der Waals surface area contributed by atoms with Crippen molar-refractivity contribution in [2.24, 2.45) is 0 Å². The summed E-state index contributed by atoms with van der Waals surface area (Å²) in [4.78, 5) is 58.6. The molecule has 3 aliphatic rings. The molecule has 3 aliphatic heterocycles. The molecule has 1 atom stereocenters. The molecule has 2 saturated heterocycles. The highest BCUT2D eigenvalue weighted by molar-refractivity contribution is 7.91. The molecule has 47 heavy (non-hydrogen) atoms. The number of carbonyl (C=O) groups excluding carboxylic acids is 4. The number of piperidine rings is 1. The first kappa shape index (κ1) is 34.5. The van der Waals surface area contributed by atoms with E-state index in [0.717, 1.165) is 11.8 Å². The summed E-state index contributed by atoms with van der Waals surface area (Å²) in [6, 6.07) is 9.56. The van der Waals surface area contributed by atoms with Crippen molar-refractivity contribution in [3.05, 3.63) is 53.3 Å². The van der Waals surface area contributed by atoms with Gasteiger partial charge in [0.25, 0.3) is 11.8 Å². The van der Waals surface area contributed by atoms with Crippen LogP contribution in [0.25, 0.3) is 10.8 Å². The maximum absolute atomic E-state index is 13.2. The third-order valence-corrected chi connectivity index (χ3v) is 10.7. The summed E-state index contributed by atoms with van der Waals surface area (Å²) in [6.07, 6.45) is 1.83. The van der Waals surface area contributed by atoms with E-state index in [9.17, 15) is 32.7 Å². The Morgan fingerprint density at radius 2 is 1.77 bits per heavy atom. The Hall–Kier alpha value is -3.88. The number of benzene rings is 2. The molecule has 0 spiro atoms. The zero-order valence-corrected chi connectivity index (χ0v) is 28.1. The Balaban J connectivity index is 1.08. The minimum atomic E-state index is -3.95. The van der Waals surface area contributed by atoms with E-state index in [-0.39, 0.29) is 49.0 Å². The molecular weight excluding hydrogens is 650 g/mol. The number of fused-ring (bicyclic) bond motifs is 2. The summed E-state index contributed by atoms with van der Waals surface area (Å²) < 4.78 is 31.4. The number of likely N-dealkylation sites (tertiary alicyclic amines) is 1. The van der Waals surface area contributed by atoms with Crippen molar-refractivity contribution in [2.45, 2.75) is 56.6 Å². The van der Waals surface area contributed by atoms with Crippen LogP contribution in [0.3, 0.4) is 0 Å². The molecular formula is C32H40ClN5O8S. The van der Waals surface area contributed by atoms with E-state index in [0.29, 0.717) is 55.4 Å². The number of halogens is 1. The van der Waals surface area contributed by atoms with Crippen LogP contribution in [0.2, 0.25) is 5.02 Å². The van der Waals surface area contributed by atoms with E-state index >= 15 is 0 Å². The second-order valence-electron chi connectivity index (χ2n) is 12.1. The molecule has 3 heterocycles. The molecule has 5 rings (SSSR count). The first-order chi connectivity index (χ1) is 22.4. The van der Waals surface area contributed by atoms with E-state index in [2.05, 4.69) is 0 Å². The van der Waals surface area contributed by atoms with Crippen LogP contribution in [0.15, 0.2) is 53.2 Å². The molecule has 0 saturated carbocycles. The summed E-state index contributed by atoms with van der Waals surface area (Å²) in [5, 5.41) is 12.6. The summed E-state index contributed by atoms with van der Waals surface area (Å²) in [5.74, 6) is -2.05. The highest BCUT2D eigenvalue weighted by Crippen LogP contribution is 2.30. The lowest BCUT2D eigenvalue weighted by molar-refractivity contribution is -0.148. The first-order valence-electron chi connectivity index (χ1n) is 15.7. The smallest absolute Gasteiger partial charge is 0.309 e. The molecule has 1 N–H and O–H groups in total. The molecule has 0 bridgehead atoms. The molecule has 3 amide bonds. The number of rotatable bonds is 12. The van der Waals surface area contributed by atoms with Gasteiger partial charge >= 0.3 is 5.97 Å². The fraction of sp³-hybridized carbons (Fsp3) is 0.500. The molecule has 2 aromatic rings. The highest BCUT2D eigenvalue weighted by Gasteiger charge is 2.42. The molecule has 0 aliphatic carbocycles. The van der Waals surface area contributed by atoms with Gasteiger partial charge in [0, 0.05) is 50.4 Å². The number of hydrogen-bond acceptors (Lipinski definition) is 10. The number of aliphatic hydroxyl groups is 1. The second kappa shape index (κ2) is 14.5. The summed E-state index contributed by atoms with van der Waals surface area (Å²) in [5.41, 5.74) is 0.502. The van der Waals surface area contributed by atoms with Crippen molar-refractivity contribution in [3.63, 3.8) is 0 Å². The van der Waals surface area contributed by atoms with Crippen molar-refractivity contribution in [2.75, 3.05) is 52.0 Å². The number of carbonyl (C=O) groups is 4. The molecule has 254 valence electrons. The summed E-state index contributed by atoms with van der Waals surface area (Å²) in [7, 11) is -3.95. The van der Waals surface area contributed by atoms with E-state index in [1.165, 1.54) is 24.0 Å². The number of nitrogens with zero attached hydrogens (tertiary/aromatic N) is 5. The fourth-order valence-electron chi connectivity index (χ4n) is 6.18. The average Bonchev–Trinajstić information content (AvgIpc) is 3.59. The fourth-order valence-corrected chi connectivity index (χ4v) is 7.69. The number of esters is 1. The number of amides is 3. The van der Waals surface area contributed by atoms with Crippen molar-refractivity contribution in [3.8, 4) is 0 Å². The normalized spacial score (nSPS) is 17.6. The number of sulfone groups is 1. The minimum absolute atomic E-state index is 0.00571. The van der Waals surface area contributed by atoms with Crippen LogP contribution in [0.4, 0.5) is 0 Å². The van der Waals surface area contributed by atoms with Gasteiger partial charge in [-0.25, -0.2) is 8.42 Å². The van der Waals surface area contributed by atoms with Gasteiger partial charge in [-0.2, -0.15) is 0 Å². The predicted molar refractivity (Wildman–Crippen MR) is 173 cm³/mol. The Morgan fingerprint density at radius 3 is 2.45 bits per heavy atom. The zero-order valence-electron chi connectivity index (χ0n) is 26.5. The van der Waals surface area contributed by atoms with E-state index in [4.69, 9.17) is 16.3 Å². The predicted octanol–water partition coefficient (Wildman–Crippen LogP) is 1.98. The van der Waals surface area contributed by atoms with E-state index in [1.807, 2.05) is 11.8 Å².